The number of ether oxygens (including phenoxy) is 2. The van der Waals surface area contributed by atoms with Gasteiger partial charge in [0.1, 0.15) is 6.04 Å². The topological polar surface area (TPSA) is 84.9 Å². The van der Waals surface area contributed by atoms with E-state index in [1.807, 2.05) is 30.3 Å². The predicted molar refractivity (Wildman–Crippen MR) is 105 cm³/mol. The molecule has 7 heteroatoms. The van der Waals surface area contributed by atoms with Crippen LogP contribution in [0.3, 0.4) is 0 Å². The molecule has 0 spiro atoms. The maximum absolute atomic E-state index is 13.6. The highest BCUT2D eigenvalue weighted by atomic mass is 16.7. The molecule has 2 aromatic carbocycles. The van der Waals surface area contributed by atoms with Crippen LogP contribution in [0.4, 0.5) is 0 Å². The largest absolute Gasteiger partial charge is 0.454 e. The molecule has 150 valence electrons. The third kappa shape index (κ3) is 3.55. The summed E-state index contributed by atoms with van der Waals surface area (Å²) >= 11 is 0. The van der Waals surface area contributed by atoms with E-state index >= 15 is 0 Å². The minimum atomic E-state index is -0.730. The lowest BCUT2D eigenvalue weighted by Gasteiger charge is -2.27. The third-order valence-electron chi connectivity index (χ3n) is 5.41. The molecule has 7 nitrogen and oxygen atoms in total. The van der Waals surface area contributed by atoms with Gasteiger partial charge in [-0.15, -0.1) is 0 Å². The Hall–Kier alpha value is -3.35. The Morgan fingerprint density at radius 2 is 1.72 bits per heavy atom. The van der Waals surface area contributed by atoms with Gasteiger partial charge in [0.2, 0.25) is 18.6 Å². The summed E-state index contributed by atoms with van der Waals surface area (Å²) < 4.78 is 10.7. The highest BCUT2D eigenvalue weighted by Crippen LogP contribution is 2.38. The summed E-state index contributed by atoms with van der Waals surface area (Å²) in [7, 11) is 0. The highest BCUT2D eigenvalue weighted by Gasteiger charge is 2.48. The van der Waals surface area contributed by atoms with Gasteiger partial charge < -0.3 is 19.7 Å². The molecule has 1 fully saturated rings. The second-order valence-electron chi connectivity index (χ2n) is 7.29. The molecule has 0 aliphatic carbocycles. The van der Waals surface area contributed by atoms with Crippen molar-refractivity contribution in [3.8, 4) is 11.5 Å². The fourth-order valence-electron chi connectivity index (χ4n) is 4.19. The van der Waals surface area contributed by atoms with Gasteiger partial charge in [0, 0.05) is 31.9 Å². The number of amides is 2. The van der Waals surface area contributed by atoms with Crippen LogP contribution in [0.25, 0.3) is 0 Å². The number of likely N-dealkylation sites (tertiary alicyclic amines) is 1. The van der Waals surface area contributed by atoms with E-state index in [1.165, 1.54) is 13.8 Å². The molecule has 2 aromatic rings. The van der Waals surface area contributed by atoms with Crippen molar-refractivity contribution in [3.63, 3.8) is 0 Å². The average Bonchev–Trinajstić information content (AvgIpc) is 3.31. The number of Topliss-reactive ketones (excluding diaryl/α,β-unsaturated/α-hetero) is 1. The Morgan fingerprint density at radius 1 is 1.00 bits per heavy atom. The maximum atomic E-state index is 13.6. The van der Waals surface area contributed by atoms with Gasteiger partial charge in [-0.1, -0.05) is 30.3 Å². The van der Waals surface area contributed by atoms with Crippen molar-refractivity contribution in [1.82, 2.24) is 10.2 Å². The van der Waals surface area contributed by atoms with Gasteiger partial charge in [-0.25, -0.2) is 0 Å². The summed E-state index contributed by atoms with van der Waals surface area (Å²) in [6.07, 6.45) is 0. The highest BCUT2D eigenvalue weighted by molar-refractivity contribution is 6.03. The van der Waals surface area contributed by atoms with Gasteiger partial charge in [-0.3, -0.25) is 14.4 Å². The number of fused-ring (bicyclic) bond motifs is 1. The molecular formula is C22H22N2O5. The van der Waals surface area contributed by atoms with Crippen LogP contribution in [0.2, 0.25) is 0 Å². The number of hydrogen-bond acceptors (Lipinski definition) is 5. The van der Waals surface area contributed by atoms with Crippen LogP contribution in [-0.2, 0) is 9.59 Å². The first-order valence-electron chi connectivity index (χ1n) is 9.49. The zero-order valence-electron chi connectivity index (χ0n) is 16.3. The van der Waals surface area contributed by atoms with Crippen LogP contribution in [0, 0.1) is 0 Å². The smallest absolute Gasteiger partial charge is 0.231 e. The van der Waals surface area contributed by atoms with Gasteiger partial charge in [0.05, 0.1) is 6.04 Å². The molecular weight excluding hydrogens is 372 g/mol. The number of carbonyl (C=O) groups is 3. The van der Waals surface area contributed by atoms with E-state index < -0.39 is 6.04 Å². The van der Waals surface area contributed by atoms with Gasteiger partial charge in [-0.05, 0) is 23.8 Å². The fourth-order valence-corrected chi connectivity index (χ4v) is 4.19. The summed E-state index contributed by atoms with van der Waals surface area (Å²) in [5.74, 6) is 0.139. The number of benzene rings is 2. The minimum absolute atomic E-state index is 0.118. The van der Waals surface area contributed by atoms with Crippen molar-refractivity contribution in [3.05, 3.63) is 59.7 Å². The van der Waals surface area contributed by atoms with Crippen molar-refractivity contribution in [2.24, 2.45) is 0 Å². The molecule has 29 heavy (non-hydrogen) atoms. The standard InChI is InChI=1S/C22H22N2O5/c1-13(25)23-17-11-24(14(2)26)21(20(17)15-6-4-3-5-7-15)22(27)16-8-9-18-19(10-16)29-12-28-18/h3-10,17,20-21H,11-12H2,1-2H3,(H,23,25)/t17-,20+,21-/m1/s1. The number of ketones is 1. The van der Waals surface area contributed by atoms with E-state index in [1.54, 1.807) is 23.1 Å². The number of hydrogen-bond donors (Lipinski definition) is 1. The minimum Gasteiger partial charge on any atom is -0.454 e. The molecule has 2 aliphatic heterocycles. The lowest BCUT2D eigenvalue weighted by Crippen LogP contribution is -2.42. The first kappa shape index (κ1) is 19.0. The van der Waals surface area contributed by atoms with Gasteiger partial charge in [0.25, 0.3) is 0 Å². The number of rotatable bonds is 4. The molecule has 1 saturated heterocycles. The molecule has 0 bridgehead atoms. The zero-order chi connectivity index (χ0) is 20.5. The quantitative estimate of drug-likeness (QED) is 0.803. The van der Waals surface area contributed by atoms with Crippen molar-refractivity contribution in [1.29, 1.82) is 0 Å². The molecule has 0 unspecified atom stereocenters. The van der Waals surface area contributed by atoms with E-state index in [9.17, 15) is 14.4 Å². The lowest BCUT2D eigenvalue weighted by atomic mass is 9.84. The van der Waals surface area contributed by atoms with Crippen molar-refractivity contribution in [2.45, 2.75) is 31.8 Å². The average molecular weight is 394 g/mol. The third-order valence-corrected chi connectivity index (χ3v) is 5.41. The van der Waals surface area contributed by atoms with Gasteiger partial charge in [0.15, 0.2) is 17.3 Å². The maximum Gasteiger partial charge on any atom is 0.231 e. The second kappa shape index (κ2) is 7.58. The molecule has 2 amide bonds. The van der Waals surface area contributed by atoms with Crippen LogP contribution in [0.15, 0.2) is 48.5 Å². The Bertz CT molecular complexity index is 959. The monoisotopic (exact) mass is 394 g/mol. The van der Waals surface area contributed by atoms with Crippen molar-refractivity contribution in [2.75, 3.05) is 13.3 Å². The SMILES string of the molecule is CC(=O)N[C@@H]1CN(C(C)=O)[C@@H](C(=O)c2ccc3c(c2)OCO3)[C@H]1c1ccccc1. The van der Waals surface area contributed by atoms with Crippen LogP contribution < -0.4 is 14.8 Å². The number of carbonyl (C=O) groups excluding carboxylic acids is 3. The summed E-state index contributed by atoms with van der Waals surface area (Å²) in [4.78, 5) is 39.3. The van der Waals surface area contributed by atoms with Crippen LogP contribution in [0.5, 0.6) is 11.5 Å². The lowest BCUT2D eigenvalue weighted by molar-refractivity contribution is -0.129. The normalized spacial score (nSPS) is 22.4. The first-order valence-corrected chi connectivity index (χ1v) is 9.49. The Labute approximate surface area is 168 Å². The predicted octanol–water partition coefficient (Wildman–Crippen LogP) is 2.12. The van der Waals surface area contributed by atoms with Crippen LogP contribution >= 0.6 is 0 Å². The van der Waals surface area contributed by atoms with Gasteiger partial charge >= 0.3 is 0 Å². The Kier molecular flexibility index (Phi) is 4.96. The summed E-state index contributed by atoms with van der Waals surface area (Å²) in [6.45, 7) is 3.27. The molecule has 2 aliphatic rings. The van der Waals surface area contributed by atoms with E-state index in [0.29, 0.717) is 17.1 Å². The molecule has 4 rings (SSSR count). The molecule has 0 radical (unpaired) electrons. The van der Waals surface area contributed by atoms with E-state index in [2.05, 4.69) is 5.32 Å². The summed E-state index contributed by atoms with van der Waals surface area (Å²) in [6, 6.07) is 13.4. The molecule has 2 heterocycles. The zero-order valence-corrected chi connectivity index (χ0v) is 16.3. The van der Waals surface area contributed by atoms with Gasteiger partial charge in [-0.2, -0.15) is 0 Å². The van der Waals surface area contributed by atoms with E-state index in [-0.39, 0.29) is 42.9 Å². The fraction of sp³-hybridized carbons (Fsp3) is 0.318. The number of nitrogens with zero attached hydrogens (tertiary/aromatic N) is 1. The van der Waals surface area contributed by atoms with Crippen molar-refractivity contribution < 1.29 is 23.9 Å². The Morgan fingerprint density at radius 3 is 2.41 bits per heavy atom. The second-order valence-corrected chi connectivity index (χ2v) is 7.29. The summed E-state index contributed by atoms with van der Waals surface area (Å²) in [5.41, 5.74) is 1.34. The number of nitrogens with one attached hydrogen (secondary N) is 1. The summed E-state index contributed by atoms with van der Waals surface area (Å²) in [5, 5.41) is 2.92. The van der Waals surface area contributed by atoms with E-state index in [0.717, 1.165) is 5.56 Å². The van der Waals surface area contributed by atoms with Crippen LogP contribution in [-0.4, -0.2) is 47.9 Å². The first-order chi connectivity index (χ1) is 14.0. The van der Waals surface area contributed by atoms with Crippen molar-refractivity contribution >= 4 is 17.6 Å². The molecule has 1 N–H and O–H groups in total. The van der Waals surface area contributed by atoms with Crippen LogP contribution in [0.1, 0.15) is 35.7 Å². The Balaban J connectivity index is 1.76. The molecule has 0 saturated carbocycles. The van der Waals surface area contributed by atoms with E-state index in [4.69, 9.17) is 9.47 Å². The molecule has 0 aromatic heterocycles. The molecule has 3 atom stereocenters.